The van der Waals surface area contributed by atoms with Crippen molar-refractivity contribution in [1.29, 1.82) is 0 Å². The van der Waals surface area contributed by atoms with Crippen molar-refractivity contribution in [2.45, 2.75) is 32.1 Å². The molecule has 38 heavy (non-hydrogen) atoms. The van der Waals surface area contributed by atoms with Crippen LogP contribution in [0.25, 0.3) is 0 Å². The second-order valence-corrected chi connectivity index (χ2v) is 15.1. The average Bonchev–Trinajstić information content (AvgIpc) is 3.22. The molecule has 4 rings (SSSR count). The number of hydrogen-bond acceptors (Lipinski definition) is 5. The number of fused-ring (bicyclic) bond motifs is 1. The number of ether oxygens (including phenoxy) is 1. The Morgan fingerprint density at radius 1 is 1.11 bits per heavy atom. The first-order valence-electron chi connectivity index (χ1n) is 11.9. The number of carbonyl (C=O) groups excluding carboxylic acids is 2. The summed E-state index contributed by atoms with van der Waals surface area (Å²) in [4.78, 5) is 39.9. The van der Waals surface area contributed by atoms with Gasteiger partial charge in [-0.3, -0.25) is 14.3 Å². The first-order valence-corrected chi connectivity index (χ1v) is 15.4. The normalized spacial score (nSPS) is 15.1. The number of aromatic nitrogens is 2. The van der Waals surface area contributed by atoms with Crippen molar-refractivity contribution in [3.8, 4) is 5.75 Å². The maximum Gasteiger partial charge on any atom is 0.356 e. The third kappa shape index (κ3) is 5.03. The molecule has 200 valence electrons. The van der Waals surface area contributed by atoms with Crippen LogP contribution >= 0.6 is 0 Å². The number of carbonyl (C=O) groups is 3. The molecule has 2 amide bonds. The predicted octanol–water partition coefficient (Wildman–Crippen LogP) is 3.33. The molecule has 0 fully saturated rings. The van der Waals surface area contributed by atoms with E-state index in [1.54, 1.807) is 18.2 Å². The number of aromatic carboxylic acids is 1. The number of carboxylic acid groups (broad SMARTS) is 1. The second kappa shape index (κ2) is 10.0. The van der Waals surface area contributed by atoms with Crippen LogP contribution in [0.4, 0.5) is 14.5 Å². The predicted molar refractivity (Wildman–Crippen MR) is 139 cm³/mol. The van der Waals surface area contributed by atoms with Crippen LogP contribution in [0.3, 0.4) is 0 Å². The third-order valence-electron chi connectivity index (χ3n) is 6.47. The highest BCUT2D eigenvalue weighted by Gasteiger charge is 2.38. The van der Waals surface area contributed by atoms with Crippen molar-refractivity contribution in [2.75, 3.05) is 19.0 Å². The van der Waals surface area contributed by atoms with E-state index in [9.17, 15) is 28.3 Å². The molecule has 0 aliphatic carbocycles. The summed E-state index contributed by atoms with van der Waals surface area (Å²) in [6.07, 6.45) is 0.403. The van der Waals surface area contributed by atoms with Gasteiger partial charge in [0, 0.05) is 30.5 Å². The average molecular weight is 543 g/mol. The Hall–Kier alpha value is -4.06. The number of benzene rings is 2. The summed E-state index contributed by atoms with van der Waals surface area (Å²) in [6.45, 7) is 5.58. The highest BCUT2D eigenvalue weighted by molar-refractivity contribution is 6.88. The van der Waals surface area contributed by atoms with E-state index in [1.807, 2.05) is 19.6 Å². The van der Waals surface area contributed by atoms with Crippen LogP contribution in [0, 0.1) is 11.6 Å². The van der Waals surface area contributed by atoms with E-state index in [2.05, 4.69) is 10.4 Å². The summed E-state index contributed by atoms with van der Waals surface area (Å²) in [5.74, 6) is -3.48. The number of rotatable bonds is 6. The zero-order valence-corrected chi connectivity index (χ0v) is 22.6. The van der Waals surface area contributed by atoms with Gasteiger partial charge in [-0.2, -0.15) is 5.10 Å². The van der Waals surface area contributed by atoms with Crippen molar-refractivity contribution in [3.05, 3.63) is 70.5 Å². The van der Waals surface area contributed by atoms with Gasteiger partial charge in [0.05, 0.1) is 15.2 Å². The molecule has 1 unspecified atom stereocenters. The van der Waals surface area contributed by atoms with Crippen LogP contribution in [0.5, 0.6) is 5.75 Å². The largest absolute Gasteiger partial charge is 0.497 e. The van der Waals surface area contributed by atoms with E-state index in [-0.39, 0.29) is 28.8 Å². The Morgan fingerprint density at radius 2 is 1.76 bits per heavy atom. The topological polar surface area (TPSA) is 114 Å². The zero-order valence-electron chi connectivity index (χ0n) is 21.6. The van der Waals surface area contributed by atoms with Gasteiger partial charge in [0.2, 0.25) is 0 Å². The number of nitrogens with zero attached hydrogens (tertiary/aromatic N) is 3. The highest BCUT2D eigenvalue weighted by atomic mass is 28.3. The lowest BCUT2D eigenvalue weighted by atomic mass is 9.91. The molecular weight excluding hydrogens is 514 g/mol. The van der Waals surface area contributed by atoms with E-state index in [0.717, 1.165) is 28.4 Å². The van der Waals surface area contributed by atoms with Crippen molar-refractivity contribution in [1.82, 2.24) is 14.7 Å². The van der Waals surface area contributed by atoms with Gasteiger partial charge in [0.15, 0.2) is 5.69 Å². The zero-order chi connectivity index (χ0) is 27.9. The van der Waals surface area contributed by atoms with Gasteiger partial charge in [-0.25, -0.2) is 13.6 Å². The first-order chi connectivity index (χ1) is 17.8. The van der Waals surface area contributed by atoms with E-state index >= 15 is 0 Å². The molecule has 2 aromatic carbocycles. The summed E-state index contributed by atoms with van der Waals surface area (Å²) < 4.78 is 36.2. The number of anilines is 1. The molecular formula is C26H28F2N4O5Si. The minimum atomic E-state index is -2.33. The number of carboxylic acids is 1. The molecule has 3 aromatic rings. The number of nitrogens with one attached hydrogen (secondary N) is 1. The van der Waals surface area contributed by atoms with Gasteiger partial charge < -0.3 is 20.1 Å². The van der Waals surface area contributed by atoms with Crippen LogP contribution in [0.15, 0.2) is 36.4 Å². The molecule has 1 aliphatic rings. The number of halogens is 2. The molecule has 0 saturated heterocycles. The number of aryl methyl sites for hydroxylation is 1. The lowest BCUT2D eigenvalue weighted by Gasteiger charge is -2.36. The van der Waals surface area contributed by atoms with Gasteiger partial charge in [-0.05, 0) is 41.8 Å². The van der Waals surface area contributed by atoms with Crippen LogP contribution in [-0.2, 0) is 18.3 Å². The molecule has 1 aliphatic heterocycles. The maximum atomic E-state index is 14.9. The summed E-state index contributed by atoms with van der Waals surface area (Å²) in [6, 6.07) is 7.23. The van der Waals surface area contributed by atoms with Gasteiger partial charge in [0.1, 0.15) is 29.1 Å². The van der Waals surface area contributed by atoms with Crippen molar-refractivity contribution >= 4 is 36.7 Å². The molecule has 12 heteroatoms. The van der Waals surface area contributed by atoms with Crippen LogP contribution < -0.4 is 15.2 Å². The summed E-state index contributed by atoms with van der Waals surface area (Å²) in [5, 5.41) is 15.7. The summed E-state index contributed by atoms with van der Waals surface area (Å²) in [5.41, 5.74) is 0.884. The Balaban J connectivity index is 1.74. The number of hydrogen-bond donors (Lipinski definition) is 2. The van der Waals surface area contributed by atoms with Crippen LogP contribution in [0.1, 0.15) is 38.1 Å². The quantitative estimate of drug-likeness (QED) is 0.462. The molecule has 1 aromatic heterocycles. The van der Waals surface area contributed by atoms with E-state index in [4.69, 9.17) is 4.74 Å². The number of amides is 2. The minimum absolute atomic E-state index is 0.0197. The molecule has 9 nitrogen and oxygen atoms in total. The summed E-state index contributed by atoms with van der Waals surface area (Å²) >= 11 is 0. The van der Waals surface area contributed by atoms with Crippen molar-refractivity contribution in [3.63, 3.8) is 0 Å². The van der Waals surface area contributed by atoms with Crippen molar-refractivity contribution < 1.29 is 33.0 Å². The fraction of sp³-hybridized carbons (Fsp3) is 0.308. The van der Waals surface area contributed by atoms with Gasteiger partial charge in [-0.1, -0.05) is 25.7 Å². The molecule has 0 bridgehead atoms. The lowest BCUT2D eigenvalue weighted by Crippen LogP contribution is -2.46. The fourth-order valence-electron chi connectivity index (χ4n) is 4.72. The van der Waals surface area contributed by atoms with Gasteiger partial charge >= 0.3 is 5.97 Å². The van der Waals surface area contributed by atoms with Crippen molar-refractivity contribution in [2.24, 2.45) is 7.05 Å². The Bertz CT molecular complexity index is 1430. The van der Waals surface area contributed by atoms with Crippen LogP contribution in [-0.4, -0.2) is 59.3 Å². The highest BCUT2D eigenvalue weighted by Crippen LogP contribution is 2.34. The second-order valence-electron chi connectivity index (χ2n) is 10.1. The number of methoxy groups -OCH3 is 1. The molecule has 0 radical (unpaired) electrons. The van der Waals surface area contributed by atoms with E-state index < -0.39 is 43.5 Å². The Kier molecular flexibility index (Phi) is 7.11. The smallest absolute Gasteiger partial charge is 0.356 e. The standard InChI is InChI=1S/C26H28F2N4O5Si/c1-31-21(13-20(30-31)26(35)36)25(34)32-9-8-14-10-16(37-2)6-7-17(14)22(32)24(33)29-15-11-18(27)23(19(28)12-15)38(3,4)5/h6-7,10-13,22H,8-9H2,1-5H3,(H,29,33)(H,35,36). The van der Waals surface area contributed by atoms with Gasteiger partial charge in [-0.15, -0.1) is 0 Å². The third-order valence-corrected chi connectivity index (χ3v) is 8.44. The molecule has 2 heterocycles. The molecule has 1 atom stereocenters. The van der Waals surface area contributed by atoms with Gasteiger partial charge in [0.25, 0.3) is 11.8 Å². The maximum absolute atomic E-state index is 14.9. The Morgan fingerprint density at radius 3 is 2.32 bits per heavy atom. The lowest BCUT2D eigenvalue weighted by molar-refractivity contribution is -0.121. The molecule has 0 saturated carbocycles. The first kappa shape index (κ1) is 27.0. The van der Waals surface area contributed by atoms with E-state index in [1.165, 1.54) is 19.1 Å². The minimum Gasteiger partial charge on any atom is -0.497 e. The van der Waals surface area contributed by atoms with Crippen LogP contribution in [0.2, 0.25) is 19.6 Å². The monoisotopic (exact) mass is 542 g/mol. The fourth-order valence-corrected chi connectivity index (χ4v) is 6.30. The van der Waals surface area contributed by atoms with E-state index in [0.29, 0.717) is 17.7 Å². The SMILES string of the molecule is COc1ccc2c(c1)CCN(C(=O)c1cc(C(=O)O)nn1C)C2C(=O)Nc1cc(F)c([Si](C)(C)C)c(F)c1. The molecule has 2 N–H and O–H groups in total. The molecule has 0 spiro atoms. The summed E-state index contributed by atoms with van der Waals surface area (Å²) in [7, 11) is 0.621. The Labute approximate surface area is 219 Å².